The molecule has 0 radical (unpaired) electrons. The summed E-state index contributed by atoms with van der Waals surface area (Å²) in [5.74, 6) is -3.92. The molecule has 1 aliphatic heterocycles. The molecule has 0 amide bonds. The van der Waals surface area contributed by atoms with E-state index in [0.717, 1.165) is 6.92 Å². The summed E-state index contributed by atoms with van der Waals surface area (Å²) in [6.45, 7) is 12.7. The minimum Gasteiger partial charge on any atom is -0.457 e. The van der Waals surface area contributed by atoms with E-state index < -0.39 is 65.0 Å². The normalized spacial score (nSPS) is 37.6. The van der Waals surface area contributed by atoms with Gasteiger partial charge in [0.05, 0.1) is 12.0 Å². The van der Waals surface area contributed by atoms with Crippen molar-refractivity contribution in [3.05, 3.63) is 34.9 Å². The van der Waals surface area contributed by atoms with E-state index in [9.17, 15) is 29.4 Å². The van der Waals surface area contributed by atoms with Crippen molar-refractivity contribution in [2.45, 2.75) is 83.6 Å². The van der Waals surface area contributed by atoms with Gasteiger partial charge in [-0.15, -0.1) is 0 Å². The molecule has 3 rings (SSSR count). The Bertz CT molecular complexity index is 1010. The predicted octanol–water partition coefficient (Wildman–Crippen LogP) is 1.11. The maximum Gasteiger partial charge on any atom is 0.341 e. The van der Waals surface area contributed by atoms with Crippen molar-refractivity contribution in [3.63, 3.8) is 0 Å². The van der Waals surface area contributed by atoms with Gasteiger partial charge in [0.1, 0.15) is 11.7 Å². The number of rotatable bonds is 6. The molecule has 1 fully saturated rings. The summed E-state index contributed by atoms with van der Waals surface area (Å²) in [4.78, 5) is 50.5. The number of carbonyl (C=O) groups excluding carboxylic acids is 4. The first kappa shape index (κ1) is 25.0. The van der Waals surface area contributed by atoms with Crippen LogP contribution in [0, 0.1) is 5.92 Å². The van der Waals surface area contributed by atoms with E-state index in [-0.39, 0.29) is 28.7 Å². The summed E-state index contributed by atoms with van der Waals surface area (Å²) in [7, 11) is 0. The average Bonchev–Trinajstić information content (AvgIpc) is 3.29. The number of ether oxygens (including phenoxy) is 3. The highest BCUT2D eigenvalue weighted by atomic mass is 16.7. The van der Waals surface area contributed by atoms with E-state index in [1.54, 1.807) is 13.8 Å². The zero-order valence-corrected chi connectivity index (χ0v) is 19.6. The highest BCUT2D eigenvalue weighted by Gasteiger charge is 2.62. The van der Waals surface area contributed by atoms with Gasteiger partial charge in [0.15, 0.2) is 29.4 Å². The van der Waals surface area contributed by atoms with Gasteiger partial charge in [0.2, 0.25) is 0 Å². The fourth-order valence-electron chi connectivity index (χ4n) is 4.72. The van der Waals surface area contributed by atoms with E-state index in [2.05, 4.69) is 6.58 Å². The van der Waals surface area contributed by atoms with E-state index >= 15 is 0 Å². The van der Waals surface area contributed by atoms with Gasteiger partial charge < -0.3 is 24.4 Å². The largest absolute Gasteiger partial charge is 0.457 e. The number of carbonyl (C=O) groups is 4. The fourth-order valence-corrected chi connectivity index (χ4v) is 4.72. The fraction of sp³-hybridized carbons (Fsp3) is 0.583. The third-order valence-electron chi connectivity index (χ3n) is 6.98. The van der Waals surface area contributed by atoms with Crippen LogP contribution in [-0.2, 0) is 33.4 Å². The maximum atomic E-state index is 12.9. The molecule has 0 aromatic rings. The van der Waals surface area contributed by atoms with Crippen molar-refractivity contribution < 1.29 is 43.6 Å². The van der Waals surface area contributed by atoms with Gasteiger partial charge in [0.25, 0.3) is 0 Å². The third-order valence-corrected chi connectivity index (χ3v) is 6.98. The van der Waals surface area contributed by atoms with Crippen LogP contribution in [0.25, 0.3) is 0 Å². The van der Waals surface area contributed by atoms with Crippen LogP contribution in [0.5, 0.6) is 0 Å². The van der Waals surface area contributed by atoms with Crippen molar-refractivity contribution in [1.29, 1.82) is 0 Å². The lowest BCUT2D eigenvalue weighted by atomic mass is 9.75. The zero-order chi connectivity index (χ0) is 25.0. The lowest BCUT2D eigenvalue weighted by Crippen LogP contribution is -2.53. The van der Waals surface area contributed by atoms with E-state index in [0.29, 0.717) is 0 Å². The number of fused-ring (bicyclic) bond motifs is 1. The molecule has 9 nitrogen and oxygen atoms in total. The molecule has 0 aromatic heterocycles. The second-order valence-electron chi connectivity index (χ2n) is 9.06. The first-order valence-electron chi connectivity index (χ1n) is 10.8. The number of aliphatic hydroxyl groups is 2. The van der Waals surface area contributed by atoms with Gasteiger partial charge in [-0.3, -0.25) is 14.4 Å². The Labute approximate surface area is 192 Å². The summed E-state index contributed by atoms with van der Waals surface area (Å²) >= 11 is 0. The van der Waals surface area contributed by atoms with Gasteiger partial charge >= 0.3 is 11.9 Å². The standard InChI is InChI=1S/C24H30O9/c1-8-15(26)11(3)17-20(31-14(6)25)19(32-22(29)23(7)13(5)33-23)12(4)18-16(27)9-10(2)24(18,30)21(17)28/h9,13,17,19-21,28,30H,3,8H2,1-2,4-7H3. The number of Topliss-reactive ketones (excluding diaryl/α,β-unsaturated/α-hetero) is 1. The number of epoxide rings is 1. The van der Waals surface area contributed by atoms with Crippen molar-refractivity contribution in [2.24, 2.45) is 5.92 Å². The highest BCUT2D eigenvalue weighted by Crippen LogP contribution is 2.48. The number of hydrogen-bond donors (Lipinski definition) is 2. The van der Waals surface area contributed by atoms with Crippen molar-refractivity contribution in [2.75, 3.05) is 0 Å². The molecule has 7 unspecified atom stereocenters. The van der Waals surface area contributed by atoms with Crippen LogP contribution in [0.3, 0.4) is 0 Å². The SMILES string of the molecule is C=C(C(=O)CC)C1C(OC(C)=O)C(OC(=O)C2(C)OC2C)C(C)=C2C(=O)C=C(C)C2(O)C1O. The Morgan fingerprint density at radius 1 is 1.24 bits per heavy atom. The van der Waals surface area contributed by atoms with Crippen LogP contribution in [0.1, 0.15) is 48.0 Å². The topological polar surface area (TPSA) is 140 Å². The van der Waals surface area contributed by atoms with Crippen LogP contribution < -0.4 is 0 Å². The van der Waals surface area contributed by atoms with Crippen LogP contribution in [-0.4, -0.2) is 69.3 Å². The number of hydrogen-bond acceptors (Lipinski definition) is 9. The molecule has 0 aromatic carbocycles. The lowest BCUT2D eigenvalue weighted by Gasteiger charge is -2.38. The molecule has 33 heavy (non-hydrogen) atoms. The van der Waals surface area contributed by atoms with Crippen molar-refractivity contribution in [3.8, 4) is 0 Å². The molecule has 2 N–H and O–H groups in total. The van der Waals surface area contributed by atoms with E-state index in [4.69, 9.17) is 14.2 Å². The Morgan fingerprint density at radius 2 is 1.82 bits per heavy atom. The predicted molar refractivity (Wildman–Crippen MR) is 115 cm³/mol. The molecule has 0 spiro atoms. The number of ketones is 2. The molecule has 9 heteroatoms. The minimum absolute atomic E-state index is 0.0359. The highest BCUT2D eigenvalue weighted by molar-refractivity contribution is 6.11. The molecule has 0 saturated carbocycles. The summed E-state index contributed by atoms with van der Waals surface area (Å²) in [5.41, 5.74) is -3.46. The summed E-state index contributed by atoms with van der Waals surface area (Å²) in [5, 5.41) is 23.0. The zero-order valence-electron chi connectivity index (χ0n) is 19.6. The Kier molecular flexibility index (Phi) is 6.29. The van der Waals surface area contributed by atoms with E-state index in [1.165, 1.54) is 26.8 Å². The number of aliphatic hydroxyl groups excluding tert-OH is 1. The van der Waals surface area contributed by atoms with Crippen LogP contribution in [0.2, 0.25) is 0 Å². The third kappa shape index (κ3) is 3.78. The van der Waals surface area contributed by atoms with Crippen molar-refractivity contribution in [1.82, 2.24) is 0 Å². The average molecular weight is 462 g/mol. The molecule has 1 heterocycles. The quantitative estimate of drug-likeness (QED) is 0.337. The summed E-state index contributed by atoms with van der Waals surface area (Å²) in [6.07, 6.45) is -3.79. The van der Waals surface area contributed by atoms with Gasteiger partial charge in [-0.2, -0.15) is 0 Å². The molecule has 0 bridgehead atoms. The summed E-state index contributed by atoms with van der Waals surface area (Å²) in [6, 6.07) is 0. The lowest BCUT2D eigenvalue weighted by molar-refractivity contribution is -0.174. The minimum atomic E-state index is -2.18. The molecule has 7 atom stereocenters. The molecular formula is C24H30O9. The molecule has 1 saturated heterocycles. The second-order valence-corrected chi connectivity index (χ2v) is 9.06. The maximum absolute atomic E-state index is 12.9. The van der Waals surface area contributed by atoms with Gasteiger partial charge in [-0.05, 0) is 50.5 Å². The monoisotopic (exact) mass is 462 g/mol. The Balaban J connectivity index is 2.23. The Hall–Kier alpha value is -2.62. The van der Waals surface area contributed by atoms with Crippen LogP contribution >= 0.6 is 0 Å². The number of esters is 2. The van der Waals surface area contributed by atoms with Gasteiger partial charge in [-0.1, -0.05) is 13.5 Å². The number of allylic oxidation sites excluding steroid dienone is 1. The molecular weight excluding hydrogens is 432 g/mol. The molecule has 2 aliphatic carbocycles. The van der Waals surface area contributed by atoms with Gasteiger partial charge in [0, 0.05) is 18.9 Å². The molecule has 3 aliphatic rings. The first-order valence-corrected chi connectivity index (χ1v) is 10.8. The molecule has 180 valence electrons. The first-order chi connectivity index (χ1) is 15.2. The van der Waals surface area contributed by atoms with Crippen molar-refractivity contribution >= 4 is 23.5 Å². The Morgan fingerprint density at radius 3 is 2.30 bits per heavy atom. The smallest absolute Gasteiger partial charge is 0.341 e. The summed E-state index contributed by atoms with van der Waals surface area (Å²) < 4.78 is 16.6. The van der Waals surface area contributed by atoms with Crippen LogP contribution in [0.4, 0.5) is 0 Å². The van der Waals surface area contributed by atoms with Crippen LogP contribution in [0.15, 0.2) is 34.9 Å². The second kappa shape index (κ2) is 8.30. The van der Waals surface area contributed by atoms with E-state index in [1.807, 2.05) is 0 Å². The van der Waals surface area contributed by atoms with Gasteiger partial charge in [-0.25, -0.2) is 4.79 Å².